The zero-order valence-corrected chi connectivity index (χ0v) is 16.3. The first kappa shape index (κ1) is 20.6. The lowest BCUT2D eigenvalue weighted by Gasteiger charge is -2.21. The maximum Gasteiger partial charge on any atom is 0.256 e. The van der Waals surface area contributed by atoms with E-state index < -0.39 is 17.6 Å². The molecule has 0 saturated carbocycles. The number of benzene rings is 2. The molecule has 2 aromatic rings. The second kappa shape index (κ2) is 9.27. The number of nitrogens with zero attached hydrogens (tertiary/aromatic N) is 1. The quantitative estimate of drug-likeness (QED) is 0.699. The molecule has 0 bridgehead atoms. The van der Waals surface area contributed by atoms with Crippen LogP contribution >= 0.6 is 15.9 Å². The third kappa shape index (κ3) is 5.62. The Morgan fingerprint density at radius 1 is 1.15 bits per heavy atom. The number of hydrogen-bond acceptors (Lipinski definition) is 3. The molecule has 0 atom stereocenters. The number of halogens is 2. The average molecular weight is 436 g/mol. The number of primary amides is 1. The second-order valence-corrected chi connectivity index (χ2v) is 6.66. The standard InChI is InChI=1S/C19H19BrFN3O3/c1-2-24(19(27)15-8-5-13(20)11-16(15)21)10-9-17(25)23-14-6-3-12(4-7-14)18(22)26/h3-8,11H,2,9-10H2,1H3,(H2,22,26)(H,23,25). The number of anilines is 1. The van der Waals surface area contributed by atoms with Crippen LogP contribution in [0.5, 0.6) is 0 Å². The Kier molecular flexibility index (Phi) is 7.06. The van der Waals surface area contributed by atoms with Gasteiger partial charge in [-0.1, -0.05) is 15.9 Å². The zero-order chi connectivity index (χ0) is 20.0. The van der Waals surface area contributed by atoms with Crippen LogP contribution in [0, 0.1) is 5.82 Å². The van der Waals surface area contributed by atoms with E-state index in [1.807, 2.05) is 0 Å². The summed E-state index contributed by atoms with van der Waals surface area (Å²) < 4.78 is 14.5. The predicted octanol–water partition coefficient (Wildman–Crippen LogP) is 3.18. The highest BCUT2D eigenvalue weighted by molar-refractivity contribution is 9.10. The summed E-state index contributed by atoms with van der Waals surface area (Å²) in [6.07, 6.45) is 0.0509. The van der Waals surface area contributed by atoms with Gasteiger partial charge in [-0.3, -0.25) is 14.4 Å². The van der Waals surface area contributed by atoms with Crippen molar-refractivity contribution in [2.24, 2.45) is 5.73 Å². The summed E-state index contributed by atoms with van der Waals surface area (Å²) in [6, 6.07) is 10.4. The highest BCUT2D eigenvalue weighted by Gasteiger charge is 2.19. The molecule has 142 valence electrons. The summed E-state index contributed by atoms with van der Waals surface area (Å²) in [5.41, 5.74) is 5.98. The minimum Gasteiger partial charge on any atom is -0.366 e. The Balaban J connectivity index is 1.95. The Bertz CT molecular complexity index is 856. The molecule has 0 unspecified atom stereocenters. The van der Waals surface area contributed by atoms with Crippen molar-refractivity contribution in [2.75, 3.05) is 18.4 Å². The van der Waals surface area contributed by atoms with Crippen molar-refractivity contribution in [2.45, 2.75) is 13.3 Å². The first-order chi connectivity index (χ1) is 12.8. The van der Waals surface area contributed by atoms with Gasteiger partial charge in [-0.25, -0.2) is 4.39 Å². The summed E-state index contributed by atoms with van der Waals surface area (Å²) in [4.78, 5) is 37.0. The van der Waals surface area contributed by atoms with Gasteiger partial charge in [0, 0.05) is 35.2 Å². The molecule has 0 aromatic heterocycles. The number of nitrogens with two attached hydrogens (primary N) is 1. The van der Waals surface area contributed by atoms with Crippen LogP contribution in [0.3, 0.4) is 0 Å². The third-order valence-electron chi connectivity index (χ3n) is 3.89. The first-order valence-corrected chi connectivity index (χ1v) is 9.05. The van der Waals surface area contributed by atoms with Crippen LogP contribution in [0.4, 0.5) is 10.1 Å². The highest BCUT2D eigenvalue weighted by atomic mass is 79.9. The molecule has 0 spiro atoms. The number of nitrogens with one attached hydrogen (secondary N) is 1. The number of hydrogen-bond donors (Lipinski definition) is 2. The van der Waals surface area contributed by atoms with Crippen molar-refractivity contribution in [1.82, 2.24) is 4.90 Å². The minimum atomic E-state index is -0.619. The summed E-state index contributed by atoms with van der Waals surface area (Å²) >= 11 is 3.15. The van der Waals surface area contributed by atoms with Gasteiger partial charge in [0.2, 0.25) is 11.8 Å². The van der Waals surface area contributed by atoms with Crippen LogP contribution in [0.15, 0.2) is 46.9 Å². The van der Waals surface area contributed by atoms with Crippen molar-refractivity contribution in [1.29, 1.82) is 0 Å². The van der Waals surface area contributed by atoms with E-state index in [1.54, 1.807) is 25.1 Å². The largest absolute Gasteiger partial charge is 0.366 e. The van der Waals surface area contributed by atoms with Gasteiger partial charge in [0.25, 0.3) is 5.91 Å². The molecule has 8 heteroatoms. The molecule has 0 saturated heterocycles. The number of carbonyl (C=O) groups is 3. The van der Waals surface area contributed by atoms with E-state index >= 15 is 0 Å². The van der Waals surface area contributed by atoms with Crippen molar-refractivity contribution >= 4 is 39.3 Å². The highest BCUT2D eigenvalue weighted by Crippen LogP contribution is 2.17. The Hall–Kier alpha value is -2.74. The van der Waals surface area contributed by atoms with Crippen molar-refractivity contribution in [3.8, 4) is 0 Å². The topological polar surface area (TPSA) is 92.5 Å². The van der Waals surface area contributed by atoms with Crippen molar-refractivity contribution in [3.05, 3.63) is 63.9 Å². The van der Waals surface area contributed by atoms with Gasteiger partial charge >= 0.3 is 0 Å². The van der Waals surface area contributed by atoms with Crippen LogP contribution < -0.4 is 11.1 Å². The lowest BCUT2D eigenvalue weighted by Crippen LogP contribution is -2.34. The van der Waals surface area contributed by atoms with Gasteiger partial charge in [-0.05, 0) is 49.4 Å². The molecule has 2 aromatic carbocycles. The fourth-order valence-electron chi connectivity index (χ4n) is 2.41. The number of rotatable bonds is 7. The molecule has 0 aliphatic rings. The third-order valence-corrected chi connectivity index (χ3v) is 4.39. The molecular formula is C19H19BrFN3O3. The summed E-state index contributed by atoms with van der Waals surface area (Å²) in [5.74, 6) is -1.94. The second-order valence-electron chi connectivity index (χ2n) is 5.75. The van der Waals surface area contributed by atoms with E-state index in [0.29, 0.717) is 22.3 Å². The van der Waals surface area contributed by atoms with Gasteiger partial charge in [0.1, 0.15) is 5.82 Å². The van der Waals surface area contributed by atoms with Crippen LogP contribution in [-0.4, -0.2) is 35.7 Å². The van der Waals surface area contributed by atoms with E-state index in [4.69, 9.17) is 5.73 Å². The summed E-state index contributed by atoms with van der Waals surface area (Å²) in [6.45, 7) is 2.25. The van der Waals surface area contributed by atoms with E-state index in [-0.39, 0.29) is 24.4 Å². The molecule has 2 rings (SSSR count). The van der Waals surface area contributed by atoms with Crippen LogP contribution in [0.2, 0.25) is 0 Å². The SMILES string of the molecule is CCN(CCC(=O)Nc1ccc(C(N)=O)cc1)C(=O)c1ccc(Br)cc1F. The fourth-order valence-corrected chi connectivity index (χ4v) is 2.75. The smallest absolute Gasteiger partial charge is 0.256 e. The Morgan fingerprint density at radius 2 is 1.81 bits per heavy atom. The molecule has 0 radical (unpaired) electrons. The summed E-state index contributed by atoms with van der Waals surface area (Å²) in [7, 11) is 0. The van der Waals surface area contributed by atoms with Crippen molar-refractivity contribution < 1.29 is 18.8 Å². The van der Waals surface area contributed by atoms with Crippen LogP contribution in [-0.2, 0) is 4.79 Å². The molecule has 0 heterocycles. The number of amides is 3. The van der Waals surface area contributed by atoms with Gasteiger partial charge in [0.05, 0.1) is 5.56 Å². The van der Waals surface area contributed by atoms with Crippen LogP contribution in [0.25, 0.3) is 0 Å². The monoisotopic (exact) mass is 435 g/mol. The molecule has 3 N–H and O–H groups in total. The van der Waals surface area contributed by atoms with Gasteiger partial charge < -0.3 is 16.0 Å². The molecule has 3 amide bonds. The fraction of sp³-hybridized carbons (Fsp3) is 0.211. The zero-order valence-electron chi connectivity index (χ0n) is 14.7. The molecular weight excluding hydrogens is 417 g/mol. The molecule has 6 nitrogen and oxygen atoms in total. The van der Waals surface area contributed by atoms with Crippen molar-refractivity contribution in [3.63, 3.8) is 0 Å². The summed E-state index contributed by atoms with van der Waals surface area (Å²) in [5, 5.41) is 2.68. The van der Waals surface area contributed by atoms with Crippen LogP contribution in [0.1, 0.15) is 34.1 Å². The first-order valence-electron chi connectivity index (χ1n) is 8.26. The maximum atomic E-state index is 14.0. The molecule has 0 fully saturated rings. The average Bonchev–Trinajstić information content (AvgIpc) is 2.62. The molecule has 27 heavy (non-hydrogen) atoms. The van der Waals surface area contributed by atoms with E-state index in [1.165, 1.54) is 29.2 Å². The number of carbonyl (C=O) groups excluding carboxylic acids is 3. The van der Waals surface area contributed by atoms with E-state index in [2.05, 4.69) is 21.2 Å². The lowest BCUT2D eigenvalue weighted by atomic mass is 10.1. The lowest BCUT2D eigenvalue weighted by molar-refractivity contribution is -0.116. The Labute approximate surface area is 164 Å². The van der Waals surface area contributed by atoms with E-state index in [9.17, 15) is 18.8 Å². The molecule has 0 aliphatic heterocycles. The minimum absolute atomic E-state index is 0.0394. The predicted molar refractivity (Wildman–Crippen MR) is 104 cm³/mol. The van der Waals surface area contributed by atoms with E-state index in [0.717, 1.165) is 0 Å². The maximum absolute atomic E-state index is 14.0. The van der Waals surface area contributed by atoms with Gasteiger partial charge in [0.15, 0.2) is 0 Å². The molecule has 0 aliphatic carbocycles. The normalized spacial score (nSPS) is 10.3. The Morgan fingerprint density at radius 3 is 2.37 bits per heavy atom. The van der Waals surface area contributed by atoms with Gasteiger partial charge in [-0.2, -0.15) is 0 Å². The van der Waals surface area contributed by atoms with Gasteiger partial charge in [-0.15, -0.1) is 0 Å².